The predicted molar refractivity (Wildman–Crippen MR) is 92.2 cm³/mol. The first-order valence-electron chi connectivity index (χ1n) is 8.80. The molecule has 1 fully saturated rings. The second-order valence-electron chi connectivity index (χ2n) is 6.99. The van der Waals surface area contributed by atoms with Crippen molar-refractivity contribution in [2.75, 3.05) is 6.61 Å². The molecule has 0 radical (unpaired) electrons. The van der Waals surface area contributed by atoms with Crippen LogP contribution in [0.5, 0.6) is 0 Å². The first-order valence-corrected chi connectivity index (χ1v) is 8.80. The van der Waals surface area contributed by atoms with Gasteiger partial charge in [0.1, 0.15) is 0 Å². The molecule has 1 aromatic carbocycles. The van der Waals surface area contributed by atoms with E-state index in [0.29, 0.717) is 11.8 Å². The van der Waals surface area contributed by atoms with Gasteiger partial charge in [0, 0.05) is 6.04 Å². The Hall–Kier alpha value is -2.10. The van der Waals surface area contributed by atoms with E-state index < -0.39 is 0 Å². The minimum Gasteiger partial charge on any atom is -0.455 e. The largest absolute Gasteiger partial charge is 0.455 e. The molecule has 0 aliphatic heterocycles. The fourth-order valence-electron chi connectivity index (χ4n) is 3.71. The molecular weight excluding hydrogens is 302 g/mol. The third-order valence-electron chi connectivity index (χ3n) is 5.04. The van der Waals surface area contributed by atoms with Crippen LogP contribution in [0.4, 0.5) is 0 Å². The number of ether oxygens (including phenoxy) is 1. The van der Waals surface area contributed by atoms with Gasteiger partial charge < -0.3 is 10.1 Å². The number of hydrogen-bond donors (Lipinski definition) is 1. The van der Waals surface area contributed by atoms with Gasteiger partial charge in [0.15, 0.2) is 6.61 Å². The molecule has 0 saturated heterocycles. The van der Waals surface area contributed by atoms with Crippen molar-refractivity contribution in [2.24, 2.45) is 17.8 Å². The molecule has 4 heteroatoms. The van der Waals surface area contributed by atoms with Crippen molar-refractivity contribution in [3.8, 4) is 0 Å². The summed E-state index contributed by atoms with van der Waals surface area (Å²) in [4.78, 5) is 24.0. The highest BCUT2D eigenvalue weighted by Crippen LogP contribution is 2.43. The van der Waals surface area contributed by atoms with Crippen molar-refractivity contribution < 1.29 is 14.3 Å². The van der Waals surface area contributed by atoms with Gasteiger partial charge in [-0.2, -0.15) is 0 Å². The number of carbonyl (C=O) groups is 2. The first-order chi connectivity index (χ1) is 11.6. The van der Waals surface area contributed by atoms with Crippen molar-refractivity contribution in [3.63, 3.8) is 0 Å². The molecule has 0 heterocycles. The highest BCUT2D eigenvalue weighted by atomic mass is 16.5. The van der Waals surface area contributed by atoms with Gasteiger partial charge in [-0.05, 0) is 50.0 Å². The summed E-state index contributed by atoms with van der Waals surface area (Å²) in [7, 11) is 0. The quantitative estimate of drug-likeness (QED) is 0.619. The molecule has 0 unspecified atom stereocenters. The summed E-state index contributed by atoms with van der Waals surface area (Å²) < 4.78 is 5.22. The average molecular weight is 327 g/mol. The summed E-state index contributed by atoms with van der Waals surface area (Å²) in [5, 5.41) is 2.90. The van der Waals surface area contributed by atoms with Crippen LogP contribution < -0.4 is 5.32 Å². The lowest BCUT2D eigenvalue weighted by Gasteiger charge is -2.17. The molecule has 0 aromatic heterocycles. The van der Waals surface area contributed by atoms with E-state index in [9.17, 15) is 9.59 Å². The van der Waals surface area contributed by atoms with Crippen LogP contribution in [0.25, 0.3) is 0 Å². The molecule has 1 amide bonds. The fourth-order valence-corrected chi connectivity index (χ4v) is 3.71. The van der Waals surface area contributed by atoms with Crippen molar-refractivity contribution >= 4 is 11.9 Å². The summed E-state index contributed by atoms with van der Waals surface area (Å²) in [6.07, 6.45) is 8.01. The summed E-state index contributed by atoms with van der Waals surface area (Å²) >= 11 is 0. The Morgan fingerprint density at radius 1 is 1.21 bits per heavy atom. The average Bonchev–Trinajstić information content (AvgIpc) is 3.22. The van der Waals surface area contributed by atoms with E-state index in [0.717, 1.165) is 25.7 Å². The maximum absolute atomic E-state index is 12.1. The number of nitrogens with one attached hydrogen (secondary N) is 1. The molecular formula is C20H25NO3. The van der Waals surface area contributed by atoms with Gasteiger partial charge in [0.05, 0.1) is 5.92 Å². The van der Waals surface area contributed by atoms with Crippen molar-refractivity contribution in [3.05, 3.63) is 48.0 Å². The van der Waals surface area contributed by atoms with Crippen LogP contribution >= 0.6 is 0 Å². The molecule has 2 aliphatic carbocycles. The van der Waals surface area contributed by atoms with Gasteiger partial charge >= 0.3 is 5.97 Å². The number of fused-ring (bicyclic) bond motifs is 2. The molecule has 3 rings (SSSR count). The summed E-state index contributed by atoms with van der Waals surface area (Å²) in [5.74, 6) is 0.347. The van der Waals surface area contributed by atoms with E-state index in [1.807, 2.05) is 25.1 Å². The van der Waals surface area contributed by atoms with Crippen LogP contribution in [-0.4, -0.2) is 24.5 Å². The van der Waals surface area contributed by atoms with Gasteiger partial charge in [-0.15, -0.1) is 0 Å². The number of aryl methyl sites for hydroxylation is 1. The number of esters is 1. The van der Waals surface area contributed by atoms with Gasteiger partial charge in [-0.3, -0.25) is 9.59 Å². The van der Waals surface area contributed by atoms with E-state index in [-0.39, 0.29) is 30.4 Å². The minimum atomic E-state index is -0.223. The number of amides is 1. The third kappa shape index (κ3) is 4.25. The summed E-state index contributed by atoms with van der Waals surface area (Å²) in [5.41, 5.74) is 1.26. The fraction of sp³-hybridized carbons (Fsp3) is 0.500. The number of hydrogen-bond acceptors (Lipinski definition) is 3. The Labute approximate surface area is 143 Å². The SMILES string of the molecule is C[C@@H](CCc1ccccc1)NC(=O)COC(=O)[C@@H]1C[C@H]2C=C[C@H]1C2. The zero-order valence-corrected chi connectivity index (χ0v) is 14.1. The lowest BCUT2D eigenvalue weighted by atomic mass is 9.94. The minimum absolute atomic E-state index is 0.0525. The van der Waals surface area contributed by atoms with Gasteiger partial charge in [-0.1, -0.05) is 42.5 Å². The zero-order chi connectivity index (χ0) is 16.9. The molecule has 4 nitrogen and oxygen atoms in total. The van der Waals surface area contributed by atoms with E-state index in [1.165, 1.54) is 5.56 Å². The van der Waals surface area contributed by atoms with Crippen molar-refractivity contribution in [2.45, 2.75) is 38.6 Å². The third-order valence-corrected chi connectivity index (χ3v) is 5.04. The van der Waals surface area contributed by atoms with Crippen LogP contribution in [0.2, 0.25) is 0 Å². The second kappa shape index (κ2) is 7.65. The standard InChI is InChI=1S/C20H25NO3/c1-14(7-8-15-5-3-2-4-6-15)21-19(22)13-24-20(23)18-12-16-9-10-17(18)11-16/h2-6,9-10,14,16-18H,7-8,11-13H2,1H3,(H,21,22)/t14-,16-,17-,18+/m0/s1. The number of allylic oxidation sites excluding steroid dienone is 2. The topological polar surface area (TPSA) is 55.4 Å². The van der Waals surface area contributed by atoms with Crippen molar-refractivity contribution in [1.82, 2.24) is 5.32 Å². The zero-order valence-electron chi connectivity index (χ0n) is 14.1. The highest BCUT2D eigenvalue weighted by Gasteiger charge is 2.40. The maximum atomic E-state index is 12.1. The lowest BCUT2D eigenvalue weighted by molar-refractivity contribution is -0.153. The monoisotopic (exact) mass is 327 g/mol. The van der Waals surface area contributed by atoms with E-state index in [1.54, 1.807) is 0 Å². The smallest absolute Gasteiger partial charge is 0.310 e. The molecule has 128 valence electrons. The van der Waals surface area contributed by atoms with Crippen LogP contribution in [-0.2, 0) is 20.7 Å². The molecule has 4 atom stereocenters. The van der Waals surface area contributed by atoms with Gasteiger partial charge in [-0.25, -0.2) is 0 Å². The molecule has 1 N–H and O–H groups in total. The van der Waals surface area contributed by atoms with Crippen molar-refractivity contribution in [1.29, 1.82) is 0 Å². The Morgan fingerprint density at radius 3 is 2.67 bits per heavy atom. The molecule has 1 saturated carbocycles. The Morgan fingerprint density at radius 2 is 2.00 bits per heavy atom. The predicted octanol–water partition coefficient (Wildman–Crippen LogP) is 2.88. The first kappa shape index (κ1) is 16.7. The summed E-state index contributed by atoms with van der Waals surface area (Å²) in [6.45, 7) is 1.80. The number of rotatable bonds is 7. The second-order valence-corrected chi connectivity index (χ2v) is 6.99. The van der Waals surface area contributed by atoms with E-state index >= 15 is 0 Å². The van der Waals surface area contributed by atoms with Gasteiger partial charge in [0.25, 0.3) is 5.91 Å². The van der Waals surface area contributed by atoms with Gasteiger partial charge in [0.2, 0.25) is 0 Å². The molecule has 24 heavy (non-hydrogen) atoms. The van der Waals surface area contributed by atoms with Crippen LogP contribution in [0.15, 0.2) is 42.5 Å². The lowest BCUT2D eigenvalue weighted by Crippen LogP contribution is -2.37. The van der Waals surface area contributed by atoms with Crippen LogP contribution in [0, 0.1) is 17.8 Å². The van der Waals surface area contributed by atoms with E-state index in [4.69, 9.17) is 4.74 Å². The molecule has 1 aromatic rings. The normalized spacial score (nSPS) is 25.5. The Bertz CT molecular complexity index is 611. The summed E-state index contributed by atoms with van der Waals surface area (Å²) in [6, 6.07) is 10.3. The molecule has 2 bridgehead atoms. The van der Waals surface area contributed by atoms with Crippen LogP contribution in [0.1, 0.15) is 31.7 Å². The molecule has 2 aliphatic rings. The Balaban J connectivity index is 1.34. The molecule has 0 spiro atoms. The van der Waals surface area contributed by atoms with E-state index in [2.05, 4.69) is 29.6 Å². The maximum Gasteiger partial charge on any atom is 0.310 e. The number of carbonyl (C=O) groups excluding carboxylic acids is 2. The van der Waals surface area contributed by atoms with Crippen LogP contribution in [0.3, 0.4) is 0 Å². The Kier molecular flexibility index (Phi) is 5.34. The highest BCUT2D eigenvalue weighted by molar-refractivity contribution is 5.81. The number of benzene rings is 1.